The first-order valence-corrected chi connectivity index (χ1v) is 4.46. The monoisotopic (exact) mass is 179 g/mol. The van der Waals surface area contributed by atoms with Crippen LogP contribution in [0.25, 0.3) is 0 Å². The third kappa shape index (κ3) is 2.54. The van der Waals surface area contributed by atoms with Crippen LogP contribution in [-0.2, 0) is 0 Å². The van der Waals surface area contributed by atoms with E-state index in [1.165, 1.54) is 6.20 Å². The lowest BCUT2D eigenvalue weighted by Crippen LogP contribution is -2.30. The highest BCUT2D eigenvalue weighted by atomic mass is 16.4. The summed E-state index contributed by atoms with van der Waals surface area (Å²) >= 11 is 0. The van der Waals surface area contributed by atoms with E-state index < -0.39 is 7.12 Å². The summed E-state index contributed by atoms with van der Waals surface area (Å²) in [4.78, 5) is 3.95. The second-order valence-corrected chi connectivity index (χ2v) is 3.23. The Morgan fingerprint density at radius 3 is 2.69 bits per heavy atom. The van der Waals surface area contributed by atoms with Crippen LogP contribution >= 0.6 is 0 Å². The summed E-state index contributed by atoms with van der Waals surface area (Å²) in [5, 5.41) is 17.8. The van der Waals surface area contributed by atoms with Crippen molar-refractivity contribution in [3.63, 3.8) is 0 Å². The predicted octanol–water partition coefficient (Wildman–Crippen LogP) is 0.275. The molecular weight excluding hydrogens is 165 g/mol. The second kappa shape index (κ2) is 4.39. The van der Waals surface area contributed by atoms with E-state index in [0.29, 0.717) is 11.4 Å². The number of rotatable bonds is 3. The van der Waals surface area contributed by atoms with E-state index in [1.807, 2.05) is 0 Å². The van der Waals surface area contributed by atoms with Crippen LogP contribution in [-0.4, -0.2) is 22.2 Å². The van der Waals surface area contributed by atoms with E-state index in [4.69, 9.17) is 10.0 Å². The smallest absolute Gasteiger partial charge is 0.423 e. The first kappa shape index (κ1) is 10.2. The Balaban J connectivity index is 2.91. The van der Waals surface area contributed by atoms with Crippen molar-refractivity contribution in [2.24, 2.45) is 0 Å². The van der Waals surface area contributed by atoms with Gasteiger partial charge in [-0.3, -0.25) is 4.98 Å². The number of hydrogen-bond acceptors (Lipinski definition) is 3. The van der Waals surface area contributed by atoms with Gasteiger partial charge in [0.2, 0.25) is 0 Å². The lowest BCUT2D eigenvalue weighted by molar-refractivity contribution is 0.425. The standard InChI is InChI=1S/C9H14BNO2/c1-3-7(2)8-4-9(10(12)13)6-11-5-8/h4-7,12-13H,3H2,1-2H3. The molecular formula is C9H14BNO2. The highest BCUT2D eigenvalue weighted by Gasteiger charge is 2.13. The maximum Gasteiger partial charge on any atom is 0.490 e. The Morgan fingerprint density at radius 2 is 2.15 bits per heavy atom. The molecule has 0 radical (unpaired) electrons. The molecule has 4 heteroatoms. The molecule has 0 spiro atoms. The summed E-state index contributed by atoms with van der Waals surface area (Å²) in [6.07, 6.45) is 4.25. The summed E-state index contributed by atoms with van der Waals surface area (Å²) in [7, 11) is -1.42. The first-order valence-electron chi connectivity index (χ1n) is 4.46. The molecule has 3 nitrogen and oxygen atoms in total. The zero-order chi connectivity index (χ0) is 9.84. The summed E-state index contributed by atoms with van der Waals surface area (Å²) in [5.41, 5.74) is 1.51. The Hall–Kier alpha value is -0.865. The van der Waals surface area contributed by atoms with Crippen LogP contribution < -0.4 is 5.46 Å². The van der Waals surface area contributed by atoms with Gasteiger partial charge < -0.3 is 10.0 Å². The highest BCUT2D eigenvalue weighted by molar-refractivity contribution is 6.58. The zero-order valence-corrected chi connectivity index (χ0v) is 7.94. The maximum absolute atomic E-state index is 8.92. The molecule has 0 amide bonds. The molecule has 0 bridgehead atoms. The molecule has 70 valence electrons. The number of nitrogens with zero attached hydrogens (tertiary/aromatic N) is 1. The van der Waals surface area contributed by atoms with Crippen LogP contribution in [0, 0.1) is 0 Å². The van der Waals surface area contributed by atoms with Crippen LogP contribution in [0.2, 0.25) is 0 Å². The van der Waals surface area contributed by atoms with Crippen LogP contribution in [0.3, 0.4) is 0 Å². The van der Waals surface area contributed by atoms with Crippen LogP contribution in [0.15, 0.2) is 18.5 Å². The van der Waals surface area contributed by atoms with E-state index in [0.717, 1.165) is 12.0 Å². The van der Waals surface area contributed by atoms with Crippen molar-refractivity contribution in [2.75, 3.05) is 0 Å². The largest absolute Gasteiger partial charge is 0.490 e. The summed E-state index contributed by atoms with van der Waals surface area (Å²) in [6.45, 7) is 4.18. The van der Waals surface area contributed by atoms with E-state index in [2.05, 4.69) is 18.8 Å². The Kier molecular flexibility index (Phi) is 3.45. The summed E-state index contributed by atoms with van der Waals surface area (Å²) < 4.78 is 0. The molecule has 0 saturated heterocycles. The third-order valence-corrected chi connectivity index (χ3v) is 2.26. The molecule has 1 aromatic rings. The molecule has 1 heterocycles. The van der Waals surface area contributed by atoms with E-state index in [9.17, 15) is 0 Å². The van der Waals surface area contributed by atoms with Crippen LogP contribution in [0.4, 0.5) is 0 Å². The number of aromatic nitrogens is 1. The molecule has 0 aromatic carbocycles. The van der Waals surface area contributed by atoms with E-state index in [-0.39, 0.29) is 0 Å². The molecule has 0 aliphatic rings. The van der Waals surface area contributed by atoms with Crippen molar-refractivity contribution in [1.82, 2.24) is 4.98 Å². The minimum absolute atomic E-state index is 0.409. The molecule has 1 atom stereocenters. The Morgan fingerprint density at radius 1 is 1.46 bits per heavy atom. The third-order valence-electron chi connectivity index (χ3n) is 2.26. The molecule has 0 fully saturated rings. The second-order valence-electron chi connectivity index (χ2n) is 3.23. The van der Waals surface area contributed by atoms with Gasteiger partial charge in [0.15, 0.2) is 0 Å². The first-order chi connectivity index (χ1) is 6.15. The van der Waals surface area contributed by atoms with Crippen molar-refractivity contribution < 1.29 is 10.0 Å². The molecule has 2 N–H and O–H groups in total. The molecule has 1 aromatic heterocycles. The quantitative estimate of drug-likeness (QED) is 0.655. The minimum Gasteiger partial charge on any atom is -0.423 e. The van der Waals surface area contributed by atoms with E-state index >= 15 is 0 Å². The normalized spacial score (nSPS) is 12.6. The maximum atomic E-state index is 8.92. The predicted molar refractivity (Wildman–Crippen MR) is 52.8 cm³/mol. The van der Waals surface area contributed by atoms with Crippen molar-refractivity contribution in [3.8, 4) is 0 Å². The van der Waals surface area contributed by atoms with Gasteiger partial charge >= 0.3 is 7.12 Å². The van der Waals surface area contributed by atoms with Crippen molar-refractivity contribution in [1.29, 1.82) is 0 Å². The number of hydrogen-bond donors (Lipinski definition) is 2. The summed E-state index contributed by atoms with van der Waals surface area (Å²) in [6, 6.07) is 1.78. The fourth-order valence-corrected chi connectivity index (χ4v) is 1.12. The van der Waals surface area contributed by atoms with Gasteiger partial charge in [-0.05, 0) is 17.9 Å². The van der Waals surface area contributed by atoms with Crippen molar-refractivity contribution in [3.05, 3.63) is 24.0 Å². The molecule has 1 unspecified atom stereocenters. The molecule has 13 heavy (non-hydrogen) atoms. The lowest BCUT2D eigenvalue weighted by atomic mass is 9.80. The van der Waals surface area contributed by atoms with Gasteiger partial charge in [-0.25, -0.2) is 0 Å². The van der Waals surface area contributed by atoms with Gasteiger partial charge in [0.25, 0.3) is 0 Å². The molecule has 0 aliphatic heterocycles. The van der Waals surface area contributed by atoms with Gasteiger partial charge in [0.05, 0.1) is 0 Å². The van der Waals surface area contributed by atoms with Gasteiger partial charge in [-0.15, -0.1) is 0 Å². The van der Waals surface area contributed by atoms with Gasteiger partial charge in [0, 0.05) is 17.9 Å². The fourth-order valence-electron chi connectivity index (χ4n) is 1.12. The van der Waals surface area contributed by atoms with Gasteiger partial charge in [-0.2, -0.15) is 0 Å². The summed E-state index contributed by atoms with van der Waals surface area (Å²) in [5.74, 6) is 0.409. The molecule has 1 rings (SSSR count). The zero-order valence-electron chi connectivity index (χ0n) is 7.94. The highest BCUT2D eigenvalue weighted by Crippen LogP contribution is 2.15. The SMILES string of the molecule is CCC(C)c1cncc(B(O)O)c1. The average molecular weight is 179 g/mol. The minimum atomic E-state index is -1.42. The average Bonchev–Trinajstić information content (AvgIpc) is 2.17. The molecule has 0 aliphatic carbocycles. The fraction of sp³-hybridized carbons (Fsp3) is 0.444. The van der Waals surface area contributed by atoms with Crippen molar-refractivity contribution in [2.45, 2.75) is 26.2 Å². The van der Waals surface area contributed by atoms with Crippen LogP contribution in [0.5, 0.6) is 0 Å². The van der Waals surface area contributed by atoms with Crippen LogP contribution in [0.1, 0.15) is 31.7 Å². The Bertz CT molecular complexity index is 278. The van der Waals surface area contributed by atoms with Gasteiger partial charge in [-0.1, -0.05) is 19.9 Å². The molecule has 0 saturated carbocycles. The van der Waals surface area contributed by atoms with Crippen molar-refractivity contribution >= 4 is 12.6 Å². The Labute approximate surface area is 78.6 Å². The van der Waals surface area contributed by atoms with E-state index in [1.54, 1.807) is 12.3 Å². The van der Waals surface area contributed by atoms with Gasteiger partial charge in [0.1, 0.15) is 0 Å². The lowest BCUT2D eigenvalue weighted by Gasteiger charge is -2.09. The number of pyridine rings is 1. The topological polar surface area (TPSA) is 53.4 Å².